The number of nitrogen functional groups attached to an aromatic ring is 1. The summed E-state index contributed by atoms with van der Waals surface area (Å²) in [6, 6.07) is 5.92. The number of nitrogens with zero attached hydrogens (tertiary/aromatic N) is 1. The van der Waals surface area contributed by atoms with Gasteiger partial charge in [0.15, 0.2) is 0 Å². The Morgan fingerprint density at radius 2 is 2.26 bits per heavy atom. The van der Waals surface area contributed by atoms with Crippen LogP contribution in [-0.4, -0.2) is 44.1 Å². The zero-order valence-electron chi connectivity index (χ0n) is 11.5. The highest BCUT2D eigenvalue weighted by molar-refractivity contribution is 6.00. The molecule has 1 amide bonds. The maximum absolute atomic E-state index is 12.0. The number of likely N-dealkylation sites (N-methyl/N-ethyl adjacent to an activating group) is 1. The Morgan fingerprint density at radius 1 is 1.53 bits per heavy atom. The van der Waals surface area contributed by atoms with Crippen molar-refractivity contribution in [3.8, 4) is 5.75 Å². The van der Waals surface area contributed by atoms with Gasteiger partial charge in [0.1, 0.15) is 5.75 Å². The Balaban J connectivity index is 1.88. The van der Waals surface area contributed by atoms with Crippen LogP contribution in [0.5, 0.6) is 5.75 Å². The van der Waals surface area contributed by atoms with Crippen LogP contribution in [0, 0.1) is 0 Å². The highest BCUT2D eigenvalue weighted by Gasteiger charge is 2.25. The highest BCUT2D eigenvalue weighted by atomic mass is 16.5. The molecule has 5 heteroatoms. The average molecular weight is 263 g/mol. The fourth-order valence-electron chi connectivity index (χ4n) is 2.06. The van der Waals surface area contributed by atoms with Crippen molar-refractivity contribution in [2.24, 2.45) is 0 Å². The van der Waals surface area contributed by atoms with Gasteiger partial charge in [-0.2, -0.15) is 0 Å². The summed E-state index contributed by atoms with van der Waals surface area (Å²) in [6.07, 6.45) is 2.54. The van der Waals surface area contributed by atoms with Gasteiger partial charge in [0, 0.05) is 19.1 Å². The number of para-hydroxylation sites is 1. The third-order valence-corrected chi connectivity index (χ3v) is 3.45. The van der Waals surface area contributed by atoms with Crippen molar-refractivity contribution in [3.63, 3.8) is 0 Å². The van der Waals surface area contributed by atoms with Gasteiger partial charge < -0.3 is 20.7 Å². The third kappa shape index (κ3) is 3.38. The minimum Gasteiger partial charge on any atom is -0.495 e. The molecule has 1 saturated carbocycles. The summed E-state index contributed by atoms with van der Waals surface area (Å²) < 4.78 is 5.10. The van der Waals surface area contributed by atoms with Crippen molar-refractivity contribution in [1.29, 1.82) is 0 Å². The summed E-state index contributed by atoms with van der Waals surface area (Å²) in [5.74, 6) is 0.378. The summed E-state index contributed by atoms with van der Waals surface area (Å²) in [5.41, 5.74) is 6.74. The number of rotatable bonds is 6. The molecule has 1 aromatic carbocycles. The van der Waals surface area contributed by atoms with Crippen LogP contribution in [-0.2, 0) is 0 Å². The number of carbonyl (C=O) groups excluding carboxylic acids is 1. The molecule has 1 aliphatic carbocycles. The number of methoxy groups -OCH3 is 1. The van der Waals surface area contributed by atoms with Crippen molar-refractivity contribution in [1.82, 2.24) is 10.2 Å². The second kappa shape index (κ2) is 5.93. The summed E-state index contributed by atoms with van der Waals surface area (Å²) in [5, 5.41) is 2.89. The SMILES string of the molecule is COc1cccc(C(=O)NCCN(C)C2CC2)c1N. The summed E-state index contributed by atoms with van der Waals surface area (Å²) in [7, 11) is 3.63. The fraction of sp³-hybridized carbons (Fsp3) is 0.500. The molecule has 2 rings (SSSR count). The van der Waals surface area contributed by atoms with E-state index in [0.717, 1.165) is 6.54 Å². The number of benzene rings is 1. The second-order valence-electron chi connectivity index (χ2n) is 4.89. The van der Waals surface area contributed by atoms with Crippen molar-refractivity contribution in [3.05, 3.63) is 23.8 Å². The lowest BCUT2D eigenvalue weighted by atomic mass is 10.1. The monoisotopic (exact) mass is 263 g/mol. The minimum absolute atomic E-state index is 0.152. The molecule has 0 radical (unpaired) electrons. The number of amides is 1. The van der Waals surface area contributed by atoms with Crippen molar-refractivity contribution in [2.45, 2.75) is 18.9 Å². The molecule has 0 aromatic heterocycles. The van der Waals surface area contributed by atoms with E-state index in [-0.39, 0.29) is 5.91 Å². The van der Waals surface area contributed by atoms with E-state index in [1.54, 1.807) is 18.2 Å². The van der Waals surface area contributed by atoms with Gasteiger partial charge in [-0.1, -0.05) is 6.07 Å². The van der Waals surface area contributed by atoms with Crippen LogP contribution >= 0.6 is 0 Å². The number of hydrogen-bond acceptors (Lipinski definition) is 4. The standard InChI is InChI=1S/C14H21N3O2/c1-17(10-6-7-10)9-8-16-14(18)11-4-3-5-12(19-2)13(11)15/h3-5,10H,6-9,15H2,1-2H3,(H,16,18). The molecule has 1 aliphatic rings. The number of ether oxygens (including phenoxy) is 1. The van der Waals surface area contributed by atoms with Crippen LogP contribution in [0.1, 0.15) is 23.2 Å². The van der Waals surface area contributed by atoms with Gasteiger partial charge in [0.05, 0.1) is 18.4 Å². The topological polar surface area (TPSA) is 67.6 Å². The normalized spacial score (nSPS) is 14.5. The molecule has 0 bridgehead atoms. The number of anilines is 1. The lowest BCUT2D eigenvalue weighted by Gasteiger charge is -2.16. The zero-order valence-corrected chi connectivity index (χ0v) is 11.5. The molecule has 0 aliphatic heterocycles. The first-order chi connectivity index (χ1) is 9.13. The van der Waals surface area contributed by atoms with E-state index in [4.69, 9.17) is 10.5 Å². The summed E-state index contributed by atoms with van der Waals surface area (Å²) >= 11 is 0. The predicted molar refractivity (Wildman–Crippen MR) is 75.4 cm³/mol. The highest BCUT2D eigenvalue weighted by Crippen LogP contribution is 2.25. The van der Waals surface area contributed by atoms with Crippen molar-refractivity contribution >= 4 is 11.6 Å². The summed E-state index contributed by atoms with van der Waals surface area (Å²) in [4.78, 5) is 14.3. The van der Waals surface area contributed by atoms with Crippen LogP contribution in [0.15, 0.2) is 18.2 Å². The lowest BCUT2D eigenvalue weighted by molar-refractivity contribution is 0.0950. The van der Waals surface area contributed by atoms with Gasteiger partial charge in [-0.25, -0.2) is 0 Å². The molecule has 1 fully saturated rings. The van der Waals surface area contributed by atoms with Gasteiger partial charge in [0.2, 0.25) is 0 Å². The molecule has 3 N–H and O–H groups in total. The van der Waals surface area contributed by atoms with E-state index in [2.05, 4.69) is 17.3 Å². The quantitative estimate of drug-likeness (QED) is 0.754. The largest absolute Gasteiger partial charge is 0.495 e. The van der Waals surface area contributed by atoms with E-state index in [1.807, 2.05) is 0 Å². The smallest absolute Gasteiger partial charge is 0.253 e. The average Bonchev–Trinajstić information content (AvgIpc) is 3.23. The van der Waals surface area contributed by atoms with E-state index in [0.29, 0.717) is 29.6 Å². The molecule has 104 valence electrons. The van der Waals surface area contributed by atoms with Gasteiger partial charge in [-0.3, -0.25) is 4.79 Å². The molecule has 0 unspecified atom stereocenters. The van der Waals surface area contributed by atoms with E-state index >= 15 is 0 Å². The maximum atomic E-state index is 12.0. The first-order valence-corrected chi connectivity index (χ1v) is 6.54. The van der Waals surface area contributed by atoms with Gasteiger partial charge in [-0.15, -0.1) is 0 Å². The molecule has 1 aromatic rings. The Bertz CT molecular complexity index is 458. The Morgan fingerprint density at radius 3 is 2.89 bits per heavy atom. The van der Waals surface area contributed by atoms with Crippen LogP contribution in [0.25, 0.3) is 0 Å². The molecular weight excluding hydrogens is 242 g/mol. The van der Waals surface area contributed by atoms with Crippen LogP contribution in [0.4, 0.5) is 5.69 Å². The van der Waals surface area contributed by atoms with Gasteiger partial charge in [0.25, 0.3) is 5.91 Å². The Labute approximate surface area is 113 Å². The molecule has 0 heterocycles. The number of carbonyl (C=O) groups is 1. The van der Waals surface area contributed by atoms with Gasteiger partial charge >= 0.3 is 0 Å². The molecule has 19 heavy (non-hydrogen) atoms. The Kier molecular flexibility index (Phi) is 4.27. The van der Waals surface area contributed by atoms with E-state index in [9.17, 15) is 4.79 Å². The van der Waals surface area contributed by atoms with Crippen LogP contribution in [0.2, 0.25) is 0 Å². The lowest BCUT2D eigenvalue weighted by Crippen LogP contribution is -2.34. The first kappa shape index (κ1) is 13.7. The van der Waals surface area contributed by atoms with Gasteiger partial charge in [-0.05, 0) is 32.0 Å². The van der Waals surface area contributed by atoms with Crippen LogP contribution < -0.4 is 15.8 Å². The predicted octanol–water partition coefficient (Wildman–Crippen LogP) is 1.10. The van der Waals surface area contributed by atoms with Crippen molar-refractivity contribution < 1.29 is 9.53 Å². The van der Waals surface area contributed by atoms with E-state index in [1.165, 1.54) is 20.0 Å². The number of nitrogens with two attached hydrogens (primary N) is 1. The van der Waals surface area contributed by atoms with Crippen molar-refractivity contribution in [2.75, 3.05) is 33.0 Å². The first-order valence-electron chi connectivity index (χ1n) is 6.54. The third-order valence-electron chi connectivity index (χ3n) is 3.45. The van der Waals surface area contributed by atoms with E-state index < -0.39 is 0 Å². The molecule has 0 atom stereocenters. The second-order valence-corrected chi connectivity index (χ2v) is 4.89. The number of hydrogen-bond donors (Lipinski definition) is 2. The van der Waals surface area contributed by atoms with Crippen LogP contribution in [0.3, 0.4) is 0 Å². The molecule has 0 saturated heterocycles. The fourth-order valence-corrected chi connectivity index (χ4v) is 2.06. The Hall–Kier alpha value is -1.75. The minimum atomic E-state index is -0.152. The molecule has 0 spiro atoms. The molecule has 5 nitrogen and oxygen atoms in total. The number of nitrogens with one attached hydrogen (secondary N) is 1. The maximum Gasteiger partial charge on any atom is 0.253 e. The zero-order chi connectivity index (χ0) is 13.8. The summed E-state index contributed by atoms with van der Waals surface area (Å²) in [6.45, 7) is 1.49. The molecular formula is C14H21N3O2.